The number of amides is 1. The number of hydrogen-bond donors (Lipinski definition) is 1. The molecular weight excluding hydrogens is 190 g/mol. The number of carbonyl (C=O) groups is 1. The summed E-state index contributed by atoms with van der Waals surface area (Å²) in [5.41, 5.74) is 5.76. The third-order valence-corrected chi connectivity index (χ3v) is 3.24. The van der Waals surface area contributed by atoms with Crippen LogP contribution in [0.1, 0.15) is 27.2 Å². The molecule has 0 spiro atoms. The lowest BCUT2D eigenvalue weighted by atomic mass is 10.1. The van der Waals surface area contributed by atoms with Crippen LogP contribution in [0.4, 0.5) is 0 Å². The van der Waals surface area contributed by atoms with Crippen LogP contribution in [0.25, 0.3) is 0 Å². The topological polar surface area (TPSA) is 49.6 Å². The van der Waals surface area contributed by atoms with Crippen molar-refractivity contribution >= 4 is 5.91 Å². The van der Waals surface area contributed by atoms with Crippen molar-refractivity contribution in [1.29, 1.82) is 0 Å². The number of likely N-dealkylation sites (N-methyl/N-ethyl adjacent to an activating group) is 1. The molecule has 0 aromatic carbocycles. The molecule has 0 radical (unpaired) electrons. The first-order valence-electron chi connectivity index (χ1n) is 5.88. The van der Waals surface area contributed by atoms with Gasteiger partial charge in [-0.1, -0.05) is 13.8 Å². The highest BCUT2D eigenvalue weighted by Crippen LogP contribution is 2.10. The number of piperazine rings is 1. The van der Waals surface area contributed by atoms with Crippen LogP contribution in [0.15, 0.2) is 0 Å². The third-order valence-electron chi connectivity index (χ3n) is 3.24. The lowest BCUT2D eigenvalue weighted by Crippen LogP contribution is -2.56. The van der Waals surface area contributed by atoms with Crippen molar-refractivity contribution in [2.75, 3.05) is 26.2 Å². The summed E-state index contributed by atoms with van der Waals surface area (Å²) in [5.74, 6) is 0.111. The summed E-state index contributed by atoms with van der Waals surface area (Å²) in [4.78, 5) is 16.1. The number of rotatable bonds is 3. The Morgan fingerprint density at radius 1 is 1.47 bits per heavy atom. The van der Waals surface area contributed by atoms with Crippen molar-refractivity contribution in [2.45, 2.75) is 39.3 Å². The maximum Gasteiger partial charge on any atom is 0.239 e. The van der Waals surface area contributed by atoms with Crippen molar-refractivity contribution in [3.8, 4) is 0 Å². The van der Waals surface area contributed by atoms with Crippen LogP contribution < -0.4 is 5.73 Å². The maximum absolute atomic E-state index is 11.9. The Balaban J connectivity index is 2.50. The third kappa shape index (κ3) is 2.92. The maximum atomic E-state index is 11.9. The van der Waals surface area contributed by atoms with Crippen LogP contribution in [0.3, 0.4) is 0 Å². The van der Waals surface area contributed by atoms with Crippen molar-refractivity contribution < 1.29 is 4.79 Å². The van der Waals surface area contributed by atoms with Crippen molar-refractivity contribution in [2.24, 2.45) is 5.73 Å². The Morgan fingerprint density at radius 2 is 2.13 bits per heavy atom. The van der Waals surface area contributed by atoms with Gasteiger partial charge in [0.2, 0.25) is 5.91 Å². The molecule has 15 heavy (non-hydrogen) atoms. The van der Waals surface area contributed by atoms with E-state index in [1.807, 2.05) is 11.8 Å². The molecule has 1 aliphatic heterocycles. The van der Waals surface area contributed by atoms with Crippen molar-refractivity contribution in [1.82, 2.24) is 9.80 Å². The van der Waals surface area contributed by atoms with E-state index in [1.54, 1.807) is 0 Å². The van der Waals surface area contributed by atoms with E-state index in [4.69, 9.17) is 5.73 Å². The normalized spacial score (nSPS) is 25.3. The molecule has 1 aliphatic rings. The van der Waals surface area contributed by atoms with Crippen LogP contribution in [0.5, 0.6) is 0 Å². The highest BCUT2D eigenvalue weighted by molar-refractivity contribution is 5.81. The minimum atomic E-state index is -0.314. The van der Waals surface area contributed by atoms with Crippen LogP contribution in [0.2, 0.25) is 0 Å². The first kappa shape index (κ1) is 12.5. The molecule has 88 valence electrons. The number of nitrogens with two attached hydrogens (primary N) is 1. The predicted molar refractivity (Wildman–Crippen MR) is 61.6 cm³/mol. The smallest absolute Gasteiger partial charge is 0.239 e. The molecule has 4 heteroatoms. The van der Waals surface area contributed by atoms with Gasteiger partial charge in [-0.3, -0.25) is 9.69 Å². The molecular formula is C11H23N3O. The minimum absolute atomic E-state index is 0.111. The van der Waals surface area contributed by atoms with Crippen LogP contribution >= 0.6 is 0 Å². The molecule has 0 bridgehead atoms. The number of carbonyl (C=O) groups excluding carboxylic acids is 1. The van der Waals surface area contributed by atoms with Gasteiger partial charge in [-0.05, 0) is 19.9 Å². The van der Waals surface area contributed by atoms with Gasteiger partial charge in [0.25, 0.3) is 0 Å². The Kier molecular flexibility index (Phi) is 4.54. The second-order valence-electron chi connectivity index (χ2n) is 4.28. The molecule has 1 saturated heterocycles. The summed E-state index contributed by atoms with van der Waals surface area (Å²) in [7, 11) is 0. The van der Waals surface area contributed by atoms with E-state index in [9.17, 15) is 4.79 Å². The van der Waals surface area contributed by atoms with Gasteiger partial charge in [-0.25, -0.2) is 0 Å². The summed E-state index contributed by atoms with van der Waals surface area (Å²) in [6.07, 6.45) is 0.723. The summed E-state index contributed by atoms with van der Waals surface area (Å²) in [5, 5.41) is 0. The molecule has 0 aliphatic carbocycles. The highest BCUT2D eigenvalue weighted by atomic mass is 16.2. The van der Waals surface area contributed by atoms with Gasteiger partial charge in [-0.15, -0.1) is 0 Å². The minimum Gasteiger partial charge on any atom is -0.339 e. The van der Waals surface area contributed by atoms with Crippen molar-refractivity contribution in [3.63, 3.8) is 0 Å². The molecule has 1 rings (SSSR count). The molecule has 1 amide bonds. The van der Waals surface area contributed by atoms with Crippen LogP contribution in [-0.2, 0) is 4.79 Å². The van der Waals surface area contributed by atoms with Gasteiger partial charge in [0, 0.05) is 25.7 Å². The second-order valence-corrected chi connectivity index (χ2v) is 4.28. The zero-order valence-electron chi connectivity index (χ0n) is 10.1. The fraction of sp³-hybridized carbons (Fsp3) is 0.909. The molecule has 1 fully saturated rings. The Hall–Kier alpha value is -0.610. The van der Waals surface area contributed by atoms with E-state index in [-0.39, 0.29) is 11.9 Å². The van der Waals surface area contributed by atoms with Crippen molar-refractivity contribution in [3.05, 3.63) is 0 Å². The first-order chi connectivity index (χ1) is 7.10. The molecule has 2 N–H and O–H groups in total. The van der Waals surface area contributed by atoms with E-state index < -0.39 is 0 Å². The molecule has 2 atom stereocenters. The Bertz CT molecular complexity index is 220. The number of nitrogens with zero attached hydrogens (tertiary/aromatic N) is 2. The largest absolute Gasteiger partial charge is 0.339 e. The molecule has 1 unspecified atom stereocenters. The molecule has 0 aromatic heterocycles. The van der Waals surface area contributed by atoms with E-state index in [0.29, 0.717) is 6.04 Å². The average Bonchev–Trinajstić information content (AvgIpc) is 2.26. The zero-order chi connectivity index (χ0) is 11.4. The Morgan fingerprint density at radius 3 is 2.60 bits per heavy atom. The summed E-state index contributed by atoms with van der Waals surface area (Å²) >= 11 is 0. The average molecular weight is 213 g/mol. The fourth-order valence-electron chi connectivity index (χ4n) is 2.07. The molecule has 1 heterocycles. The van der Waals surface area contributed by atoms with E-state index in [0.717, 1.165) is 32.6 Å². The molecule has 0 saturated carbocycles. The van der Waals surface area contributed by atoms with Crippen LogP contribution in [0, 0.1) is 0 Å². The number of hydrogen-bond acceptors (Lipinski definition) is 3. The highest BCUT2D eigenvalue weighted by Gasteiger charge is 2.27. The SMILES string of the molecule is CC[C@@H](N)C(=O)N1CCN(CC)C(C)C1. The molecule has 4 nitrogen and oxygen atoms in total. The van der Waals surface area contributed by atoms with Gasteiger partial charge < -0.3 is 10.6 Å². The van der Waals surface area contributed by atoms with Gasteiger partial charge in [0.05, 0.1) is 6.04 Å². The monoisotopic (exact) mass is 213 g/mol. The second kappa shape index (κ2) is 5.47. The first-order valence-corrected chi connectivity index (χ1v) is 5.88. The summed E-state index contributed by atoms with van der Waals surface area (Å²) in [6, 6.07) is 0.141. The lowest BCUT2D eigenvalue weighted by molar-refractivity contribution is -0.135. The zero-order valence-corrected chi connectivity index (χ0v) is 10.1. The van der Waals surface area contributed by atoms with Gasteiger partial charge in [0.1, 0.15) is 0 Å². The van der Waals surface area contributed by atoms with Gasteiger partial charge >= 0.3 is 0 Å². The van der Waals surface area contributed by atoms with Crippen LogP contribution in [-0.4, -0.2) is 54.0 Å². The van der Waals surface area contributed by atoms with Gasteiger partial charge in [0.15, 0.2) is 0 Å². The Labute approximate surface area is 92.4 Å². The summed E-state index contributed by atoms with van der Waals surface area (Å²) < 4.78 is 0. The predicted octanol–water partition coefficient (Wildman–Crippen LogP) is 0.276. The summed E-state index contributed by atoms with van der Waals surface area (Å²) in [6.45, 7) is 9.95. The van der Waals surface area contributed by atoms with E-state index in [1.165, 1.54) is 0 Å². The fourth-order valence-corrected chi connectivity index (χ4v) is 2.07. The van der Waals surface area contributed by atoms with E-state index in [2.05, 4.69) is 18.7 Å². The standard InChI is InChI=1S/C11H23N3O/c1-4-10(12)11(15)14-7-6-13(5-2)9(3)8-14/h9-10H,4-8,12H2,1-3H3/t9?,10-/m1/s1. The van der Waals surface area contributed by atoms with Gasteiger partial charge in [-0.2, -0.15) is 0 Å². The molecule has 0 aromatic rings. The van der Waals surface area contributed by atoms with E-state index >= 15 is 0 Å². The quantitative estimate of drug-likeness (QED) is 0.732. The lowest BCUT2D eigenvalue weighted by Gasteiger charge is -2.40.